The predicted octanol–water partition coefficient (Wildman–Crippen LogP) is 3.37. The topological polar surface area (TPSA) is 76.4 Å². The smallest absolute Gasteiger partial charge is 0.241 e. The van der Waals surface area contributed by atoms with Gasteiger partial charge in [-0.2, -0.15) is 4.72 Å². The number of Topliss-reactive ketones (excluding diaryl/α,β-unsaturated/α-hetero) is 1. The normalized spacial score (nSPS) is 20.0. The van der Waals surface area contributed by atoms with Gasteiger partial charge in [0.25, 0.3) is 0 Å². The van der Waals surface area contributed by atoms with Crippen LogP contribution < -0.4 is 4.72 Å². The first-order chi connectivity index (χ1) is 11.5. The van der Waals surface area contributed by atoms with E-state index in [1.807, 2.05) is 6.92 Å². The van der Waals surface area contributed by atoms with Gasteiger partial charge < -0.3 is 4.42 Å². The van der Waals surface area contributed by atoms with Crippen molar-refractivity contribution >= 4 is 15.8 Å². The molecule has 6 heteroatoms. The number of ketones is 1. The summed E-state index contributed by atoms with van der Waals surface area (Å²) in [7, 11) is -3.74. The van der Waals surface area contributed by atoms with Gasteiger partial charge in [0.15, 0.2) is 0 Å². The zero-order valence-electron chi connectivity index (χ0n) is 13.6. The molecule has 5 nitrogen and oxygen atoms in total. The Kier molecular flexibility index (Phi) is 4.87. The number of benzene rings is 1. The third kappa shape index (κ3) is 3.60. The van der Waals surface area contributed by atoms with Gasteiger partial charge in [0, 0.05) is 12.3 Å². The number of hydrogen-bond acceptors (Lipinski definition) is 4. The third-order valence-electron chi connectivity index (χ3n) is 4.47. The quantitative estimate of drug-likeness (QED) is 0.900. The summed E-state index contributed by atoms with van der Waals surface area (Å²) in [6.45, 7) is 1.90. The molecular formula is C18H21NO4S. The Hall–Kier alpha value is -1.92. The fourth-order valence-electron chi connectivity index (χ4n) is 3.12. The van der Waals surface area contributed by atoms with Gasteiger partial charge in [-0.3, -0.25) is 4.79 Å². The summed E-state index contributed by atoms with van der Waals surface area (Å²) in [6, 6.07) is 9.39. The van der Waals surface area contributed by atoms with Crippen LogP contribution in [0.25, 0.3) is 0 Å². The number of aryl methyl sites for hydroxylation is 1. The summed E-state index contributed by atoms with van der Waals surface area (Å²) < 4.78 is 33.6. The molecule has 1 aromatic carbocycles. The van der Waals surface area contributed by atoms with Gasteiger partial charge in [-0.25, -0.2) is 8.42 Å². The Morgan fingerprint density at radius 2 is 1.92 bits per heavy atom. The van der Waals surface area contributed by atoms with Gasteiger partial charge in [-0.1, -0.05) is 24.1 Å². The van der Waals surface area contributed by atoms with E-state index in [0.717, 1.165) is 18.4 Å². The largest absolute Gasteiger partial charge is 0.468 e. The van der Waals surface area contributed by atoms with Crippen molar-refractivity contribution in [3.05, 3.63) is 54.0 Å². The number of furan rings is 1. The fraction of sp³-hybridized carbons (Fsp3) is 0.389. The van der Waals surface area contributed by atoms with Gasteiger partial charge in [-0.05, 0) is 44.0 Å². The lowest BCUT2D eigenvalue weighted by Crippen LogP contribution is -2.37. The van der Waals surface area contributed by atoms with Crippen LogP contribution in [0.2, 0.25) is 0 Å². The molecule has 1 heterocycles. The van der Waals surface area contributed by atoms with Crippen molar-refractivity contribution in [3.63, 3.8) is 0 Å². The molecule has 0 saturated heterocycles. The molecular weight excluding hydrogens is 326 g/mol. The predicted molar refractivity (Wildman–Crippen MR) is 89.9 cm³/mol. The second-order valence-electron chi connectivity index (χ2n) is 6.25. The van der Waals surface area contributed by atoms with E-state index in [4.69, 9.17) is 4.42 Å². The summed E-state index contributed by atoms with van der Waals surface area (Å²) in [4.78, 5) is 12.5. The minimum Gasteiger partial charge on any atom is -0.468 e. The summed E-state index contributed by atoms with van der Waals surface area (Å²) >= 11 is 0. The van der Waals surface area contributed by atoms with Crippen LogP contribution in [0.15, 0.2) is 52.0 Å². The number of rotatable bonds is 5. The van der Waals surface area contributed by atoms with E-state index in [9.17, 15) is 13.2 Å². The Labute approximate surface area is 142 Å². The van der Waals surface area contributed by atoms with Crippen molar-refractivity contribution < 1.29 is 17.6 Å². The Bertz CT molecular complexity index is 794. The number of carbonyl (C=O) groups excluding carboxylic acids is 1. The molecule has 128 valence electrons. The molecule has 1 aliphatic carbocycles. The van der Waals surface area contributed by atoms with Crippen molar-refractivity contribution in [3.8, 4) is 0 Å². The average molecular weight is 347 g/mol. The lowest BCUT2D eigenvalue weighted by molar-refractivity contribution is -0.125. The Balaban J connectivity index is 1.91. The molecule has 0 amide bonds. The first-order valence-electron chi connectivity index (χ1n) is 8.12. The molecule has 0 radical (unpaired) electrons. The molecule has 2 aromatic rings. The summed E-state index contributed by atoms with van der Waals surface area (Å²) in [6.07, 6.45) is 4.44. The van der Waals surface area contributed by atoms with E-state index >= 15 is 0 Å². The van der Waals surface area contributed by atoms with Gasteiger partial charge in [0.1, 0.15) is 11.5 Å². The van der Waals surface area contributed by atoms with Gasteiger partial charge >= 0.3 is 0 Å². The molecule has 2 unspecified atom stereocenters. The van der Waals surface area contributed by atoms with E-state index < -0.39 is 16.1 Å². The van der Waals surface area contributed by atoms with Gasteiger partial charge in [0.2, 0.25) is 10.0 Å². The van der Waals surface area contributed by atoms with E-state index in [2.05, 4.69) is 4.72 Å². The summed E-state index contributed by atoms with van der Waals surface area (Å²) in [5, 5.41) is 0. The molecule has 1 N–H and O–H groups in total. The molecule has 1 fully saturated rings. The molecule has 1 saturated carbocycles. The first-order valence-corrected chi connectivity index (χ1v) is 9.61. The second kappa shape index (κ2) is 6.91. The molecule has 2 atom stereocenters. The highest BCUT2D eigenvalue weighted by Crippen LogP contribution is 2.33. The SMILES string of the molecule is Cc1ccc(S(=O)(=O)NC(c2ccco2)C2CCCCC2=O)cc1. The Morgan fingerprint density at radius 1 is 1.17 bits per heavy atom. The highest BCUT2D eigenvalue weighted by Gasteiger charge is 2.35. The van der Waals surface area contributed by atoms with Crippen LogP contribution in [0.1, 0.15) is 43.0 Å². The molecule has 0 spiro atoms. The molecule has 0 bridgehead atoms. The highest BCUT2D eigenvalue weighted by molar-refractivity contribution is 7.89. The minimum atomic E-state index is -3.74. The van der Waals surface area contributed by atoms with Crippen molar-refractivity contribution in [1.82, 2.24) is 4.72 Å². The lowest BCUT2D eigenvalue weighted by Gasteiger charge is -2.28. The number of hydrogen-bond donors (Lipinski definition) is 1. The minimum absolute atomic E-state index is 0.0919. The molecule has 24 heavy (non-hydrogen) atoms. The van der Waals surface area contributed by atoms with Crippen molar-refractivity contribution in [1.29, 1.82) is 0 Å². The van der Waals surface area contributed by atoms with Crippen molar-refractivity contribution in [2.75, 3.05) is 0 Å². The van der Waals surface area contributed by atoms with E-state index in [-0.39, 0.29) is 16.6 Å². The van der Waals surface area contributed by atoms with Crippen LogP contribution in [-0.4, -0.2) is 14.2 Å². The van der Waals surface area contributed by atoms with Crippen LogP contribution in [-0.2, 0) is 14.8 Å². The third-order valence-corrected chi connectivity index (χ3v) is 5.92. The fourth-order valence-corrected chi connectivity index (χ4v) is 4.37. The number of nitrogens with one attached hydrogen (secondary N) is 1. The maximum Gasteiger partial charge on any atom is 0.241 e. The molecule has 0 aliphatic heterocycles. The Morgan fingerprint density at radius 3 is 2.54 bits per heavy atom. The van der Waals surface area contributed by atoms with E-state index in [1.165, 1.54) is 6.26 Å². The van der Waals surface area contributed by atoms with Crippen LogP contribution in [0, 0.1) is 12.8 Å². The van der Waals surface area contributed by atoms with Gasteiger partial charge in [0.05, 0.1) is 17.2 Å². The zero-order valence-corrected chi connectivity index (χ0v) is 14.4. The average Bonchev–Trinajstić information content (AvgIpc) is 3.08. The standard InChI is InChI=1S/C18H21NO4S/c1-13-8-10-14(11-9-13)24(21,22)19-18(17-7-4-12-23-17)15-5-2-3-6-16(15)20/h4,7-12,15,18-19H,2-3,5-6H2,1H3. The molecule has 3 rings (SSSR count). The van der Waals surface area contributed by atoms with Crippen LogP contribution in [0.4, 0.5) is 0 Å². The number of sulfonamides is 1. The summed E-state index contributed by atoms with van der Waals surface area (Å²) in [5.41, 5.74) is 0.985. The highest BCUT2D eigenvalue weighted by atomic mass is 32.2. The van der Waals surface area contributed by atoms with Crippen LogP contribution in [0.3, 0.4) is 0 Å². The van der Waals surface area contributed by atoms with Crippen molar-refractivity contribution in [2.45, 2.75) is 43.5 Å². The number of carbonyl (C=O) groups is 1. The van der Waals surface area contributed by atoms with Gasteiger partial charge in [-0.15, -0.1) is 0 Å². The maximum absolute atomic E-state index is 12.7. The van der Waals surface area contributed by atoms with Crippen molar-refractivity contribution in [2.24, 2.45) is 5.92 Å². The summed E-state index contributed by atoms with van der Waals surface area (Å²) in [5.74, 6) is 0.185. The van der Waals surface area contributed by atoms with Crippen LogP contribution >= 0.6 is 0 Å². The maximum atomic E-state index is 12.7. The van der Waals surface area contributed by atoms with E-state index in [0.29, 0.717) is 18.6 Å². The monoisotopic (exact) mass is 347 g/mol. The lowest BCUT2D eigenvalue weighted by atomic mass is 9.82. The van der Waals surface area contributed by atoms with Crippen LogP contribution in [0.5, 0.6) is 0 Å². The second-order valence-corrected chi connectivity index (χ2v) is 7.96. The molecule has 1 aromatic heterocycles. The molecule has 1 aliphatic rings. The zero-order chi connectivity index (χ0) is 17.2. The first kappa shape index (κ1) is 16.9. The van der Waals surface area contributed by atoms with E-state index in [1.54, 1.807) is 36.4 Å².